The third kappa shape index (κ3) is 3.37. The second kappa shape index (κ2) is 3.58. The molecule has 0 spiro atoms. The Labute approximate surface area is 78.8 Å². The Bertz CT molecular complexity index is 252. The topological polar surface area (TPSA) is 24.9 Å². The van der Waals surface area contributed by atoms with Crippen molar-refractivity contribution < 1.29 is 0 Å². The molecule has 0 aliphatic carbocycles. The zero-order valence-electron chi connectivity index (χ0n) is 7.72. The van der Waals surface area contributed by atoms with E-state index in [1.54, 1.807) is 11.3 Å². The molecule has 0 aliphatic heterocycles. The molecule has 0 saturated heterocycles. The molecule has 4 heteroatoms. The number of nitrogens with one attached hydrogen (secondary N) is 1. The average molecular weight is 180 g/mol. The van der Waals surface area contributed by atoms with E-state index in [4.69, 9.17) is 7.85 Å². The van der Waals surface area contributed by atoms with Crippen LogP contribution in [0.25, 0.3) is 0 Å². The fourth-order valence-corrected chi connectivity index (χ4v) is 1.37. The van der Waals surface area contributed by atoms with Crippen molar-refractivity contribution in [1.82, 2.24) is 10.3 Å². The molecule has 1 heterocycles. The van der Waals surface area contributed by atoms with Gasteiger partial charge in [0, 0.05) is 17.5 Å². The molecule has 1 aromatic rings. The van der Waals surface area contributed by atoms with Crippen molar-refractivity contribution in [3.63, 3.8) is 0 Å². The zero-order valence-corrected chi connectivity index (χ0v) is 8.53. The van der Waals surface area contributed by atoms with Crippen molar-refractivity contribution in [2.75, 3.05) is 0 Å². The SMILES string of the molecule is [B]c1csc(CNC(C)(C)C)n1. The third-order valence-electron chi connectivity index (χ3n) is 1.34. The van der Waals surface area contributed by atoms with Crippen LogP contribution in [0.15, 0.2) is 5.38 Å². The lowest BCUT2D eigenvalue weighted by molar-refractivity contribution is 0.424. The van der Waals surface area contributed by atoms with Crippen LogP contribution in [0.2, 0.25) is 0 Å². The van der Waals surface area contributed by atoms with Crippen molar-refractivity contribution in [3.05, 3.63) is 10.4 Å². The molecule has 0 bridgehead atoms. The summed E-state index contributed by atoms with van der Waals surface area (Å²) >= 11 is 1.59. The minimum atomic E-state index is 0.139. The van der Waals surface area contributed by atoms with Gasteiger partial charge in [0.1, 0.15) is 12.9 Å². The lowest BCUT2D eigenvalue weighted by Gasteiger charge is -2.19. The first kappa shape index (κ1) is 9.74. The van der Waals surface area contributed by atoms with Gasteiger partial charge in [-0.3, -0.25) is 4.98 Å². The maximum atomic E-state index is 5.49. The zero-order chi connectivity index (χ0) is 9.19. The van der Waals surface area contributed by atoms with Crippen molar-refractivity contribution >= 4 is 24.8 Å². The quantitative estimate of drug-likeness (QED) is 0.681. The van der Waals surface area contributed by atoms with Gasteiger partial charge in [-0.1, -0.05) is 0 Å². The van der Waals surface area contributed by atoms with Gasteiger partial charge in [-0.25, -0.2) is 0 Å². The molecule has 0 amide bonds. The molecule has 2 nitrogen and oxygen atoms in total. The molecule has 1 N–H and O–H groups in total. The minimum Gasteiger partial charge on any atom is -0.306 e. The first-order chi connectivity index (χ1) is 5.47. The second-order valence-corrected chi connectivity index (χ2v) is 4.71. The van der Waals surface area contributed by atoms with Gasteiger partial charge in [-0.05, 0) is 26.4 Å². The lowest BCUT2D eigenvalue weighted by atomic mass is 10.1. The normalized spacial score (nSPS) is 11.9. The van der Waals surface area contributed by atoms with Crippen molar-refractivity contribution in [2.45, 2.75) is 32.9 Å². The van der Waals surface area contributed by atoms with E-state index in [1.807, 2.05) is 5.38 Å². The maximum absolute atomic E-state index is 5.49. The van der Waals surface area contributed by atoms with E-state index in [0.29, 0.717) is 5.59 Å². The fourth-order valence-electron chi connectivity index (χ4n) is 0.747. The van der Waals surface area contributed by atoms with Crippen molar-refractivity contribution in [3.8, 4) is 0 Å². The third-order valence-corrected chi connectivity index (χ3v) is 2.21. The molecule has 0 aliphatic rings. The van der Waals surface area contributed by atoms with E-state index in [0.717, 1.165) is 11.6 Å². The summed E-state index contributed by atoms with van der Waals surface area (Å²) in [6, 6.07) is 0. The molecular weight excluding hydrogens is 167 g/mol. The summed E-state index contributed by atoms with van der Waals surface area (Å²) in [5.41, 5.74) is 0.756. The van der Waals surface area contributed by atoms with E-state index in [2.05, 4.69) is 31.1 Å². The van der Waals surface area contributed by atoms with Crippen LogP contribution in [0.3, 0.4) is 0 Å². The predicted molar refractivity (Wildman–Crippen MR) is 54.1 cm³/mol. The first-order valence-electron chi connectivity index (χ1n) is 3.92. The monoisotopic (exact) mass is 180 g/mol. The fraction of sp³-hybridized carbons (Fsp3) is 0.625. The predicted octanol–water partition coefficient (Wildman–Crippen LogP) is 0.825. The van der Waals surface area contributed by atoms with Crippen molar-refractivity contribution in [1.29, 1.82) is 0 Å². The van der Waals surface area contributed by atoms with Gasteiger partial charge in [0.05, 0.1) is 0 Å². The van der Waals surface area contributed by atoms with E-state index in [1.165, 1.54) is 0 Å². The molecule has 0 atom stereocenters. The molecular formula is C8H13BN2S. The lowest BCUT2D eigenvalue weighted by Crippen LogP contribution is -2.35. The summed E-state index contributed by atoms with van der Waals surface area (Å²) in [4.78, 5) is 4.15. The smallest absolute Gasteiger partial charge is 0.142 e. The Morgan fingerprint density at radius 3 is 2.67 bits per heavy atom. The van der Waals surface area contributed by atoms with E-state index < -0.39 is 0 Å². The van der Waals surface area contributed by atoms with E-state index in [-0.39, 0.29) is 5.54 Å². The number of aromatic nitrogens is 1. The molecule has 1 rings (SSSR count). The van der Waals surface area contributed by atoms with Gasteiger partial charge in [0.25, 0.3) is 0 Å². The van der Waals surface area contributed by atoms with Crippen LogP contribution in [0.1, 0.15) is 25.8 Å². The highest BCUT2D eigenvalue weighted by Crippen LogP contribution is 2.05. The Kier molecular flexibility index (Phi) is 2.91. The van der Waals surface area contributed by atoms with Gasteiger partial charge < -0.3 is 5.32 Å². The van der Waals surface area contributed by atoms with E-state index >= 15 is 0 Å². The highest BCUT2D eigenvalue weighted by Gasteiger charge is 2.09. The Morgan fingerprint density at radius 1 is 1.58 bits per heavy atom. The molecule has 0 fully saturated rings. The van der Waals surface area contributed by atoms with Crippen molar-refractivity contribution in [2.24, 2.45) is 0 Å². The first-order valence-corrected chi connectivity index (χ1v) is 4.80. The number of thiazole rings is 1. The Morgan fingerprint density at radius 2 is 2.25 bits per heavy atom. The van der Waals surface area contributed by atoms with Crippen LogP contribution in [0.4, 0.5) is 0 Å². The van der Waals surface area contributed by atoms with Crippen LogP contribution >= 0.6 is 11.3 Å². The minimum absolute atomic E-state index is 0.139. The maximum Gasteiger partial charge on any atom is 0.142 e. The largest absolute Gasteiger partial charge is 0.306 e. The number of hydrogen-bond donors (Lipinski definition) is 1. The molecule has 0 unspecified atom stereocenters. The molecule has 0 aromatic carbocycles. The molecule has 12 heavy (non-hydrogen) atoms. The molecule has 0 saturated carbocycles. The van der Waals surface area contributed by atoms with Gasteiger partial charge in [0.2, 0.25) is 0 Å². The summed E-state index contributed by atoms with van der Waals surface area (Å²) < 4.78 is 0. The van der Waals surface area contributed by atoms with Gasteiger partial charge in [-0.15, -0.1) is 11.3 Å². The standard InChI is InChI=1S/C8H13BN2S/c1-8(2,3)10-4-7-11-6(9)5-12-7/h5,10H,4H2,1-3H3. The Balaban J connectivity index is 2.44. The van der Waals surface area contributed by atoms with Crippen LogP contribution < -0.4 is 10.9 Å². The molecule has 2 radical (unpaired) electrons. The second-order valence-electron chi connectivity index (χ2n) is 3.77. The highest BCUT2D eigenvalue weighted by molar-refractivity contribution is 7.10. The van der Waals surface area contributed by atoms with Gasteiger partial charge >= 0.3 is 0 Å². The Hall–Kier alpha value is -0.345. The number of nitrogens with zero attached hydrogens (tertiary/aromatic N) is 1. The highest BCUT2D eigenvalue weighted by atomic mass is 32.1. The van der Waals surface area contributed by atoms with Crippen LogP contribution in [0, 0.1) is 0 Å². The number of hydrogen-bond acceptors (Lipinski definition) is 3. The summed E-state index contributed by atoms with van der Waals surface area (Å²) in [6.07, 6.45) is 0. The van der Waals surface area contributed by atoms with Crippen LogP contribution in [-0.2, 0) is 6.54 Å². The van der Waals surface area contributed by atoms with Crippen LogP contribution in [0.5, 0.6) is 0 Å². The summed E-state index contributed by atoms with van der Waals surface area (Å²) in [6.45, 7) is 7.18. The average Bonchev–Trinajstić information content (AvgIpc) is 2.30. The summed E-state index contributed by atoms with van der Waals surface area (Å²) in [5, 5.41) is 6.25. The molecule has 64 valence electrons. The van der Waals surface area contributed by atoms with E-state index in [9.17, 15) is 0 Å². The van der Waals surface area contributed by atoms with Gasteiger partial charge in [-0.2, -0.15) is 0 Å². The van der Waals surface area contributed by atoms with Crippen LogP contribution in [-0.4, -0.2) is 18.4 Å². The summed E-state index contributed by atoms with van der Waals surface area (Å²) in [7, 11) is 5.49. The molecule has 1 aromatic heterocycles. The number of rotatable bonds is 2. The summed E-state index contributed by atoms with van der Waals surface area (Å²) in [5.74, 6) is 0. The van der Waals surface area contributed by atoms with Gasteiger partial charge in [0.15, 0.2) is 0 Å².